The molecule has 0 N–H and O–H groups in total. The monoisotopic (exact) mass is 168 g/mol. The Bertz CT molecular complexity index is 187. The first kappa shape index (κ1) is 11.2. The van der Waals surface area contributed by atoms with Gasteiger partial charge in [-0.3, -0.25) is 0 Å². The van der Waals surface area contributed by atoms with Crippen molar-refractivity contribution >= 4 is 0 Å². The second-order valence-corrected chi connectivity index (χ2v) is 2.72. The summed E-state index contributed by atoms with van der Waals surface area (Å²) in [6, 6.07) is 0. The Kier molecular flexibility index (Phi) is 6.35. The molecule has 0 amide bonds. The maximum absolute atomic E-state index is 12.2. The predicted molar refractivity (Wildman–Crippen MR) is 52.7 cm³/mol. The summed E-state index contributed by atoms with van der Waals surface area (Å²) in [7, 11) is 0. The van der Waals surface area contributed by atoms with Crippen LogP contribution in [0.5, 0.6) is 0 Å². The maximum Gasteiger partial charge on any atom is 0.116 e. The molecule has 0 bridgehead atoms. The van der Waals surface area contributed by atoms with Crippen LogP contribution in [0.1, 0.15) is 33.1 Å². The van der Waals surface area contributed by atoms with Crippen molar-refractivity contribution in [1.29, 1.82) is 0 Å². The third-order valence-corrected chi connectivity index (χ3v) is 1.48. The molecule has 1 heteroatoms. The molecule has 0 atom stereocenters. The van der Waals surface area contributed by atoms with E-state index in [0.717, 1.165) is 19.3 Å². The van der Waals surface area contributed by atoms with Gasteiger partial charge < -0.3 is 0 Å². The lowest BCUT2D eigenvalue weighted by molar-refractivity contribution is 0.671. The Morgan fingerprint density at radius 3 is 2.42 bits per heavy atom. The fourth-order valence-electron chi connectivity index (χ4n) is 1.00. The van der Waals surface area contributed by atoms with Crippen LogP contribution in [-0.4, -0.2) is 0 Å². The molecule has 12 heavy (non-hydrogen) atoms. The highest BCUT2D eigenvalue weighted by Gasteiger charge is 1.89. The van der Waals surface area contributed by atoms with Gasteiger partial charge in [0, 0.05) is 0 Å². The number of halogens is 1. The second kappa shape index (κ2) is 6.84. The molecule has 0 rings (SSSR count). The summed E-state index contributed by atoms with van der Waals surface area (Å²) in [5.74, 6) is -0.381. The number of hydrogen-bond donors (Lipinski definition) is 0. The van der Waals surface area contributed by atoms with Gasteiger partial charge in [-0.05, 0) is 18.9 Å². The van der Waals surface area contributed by atoms with Gasteiger partial charge in [-0.15, -0.1) is 0 Å². The van der Waals surface area contributed by atoms with Gasteiger partial charge in [0.25, 0.3) is 0 Å². The SMILES string of the molecule is C=C(F)/C=C\C(=C/CC)CCC. The van der Waals surface area contributed by atoms with Gasteiger partial charge in [0.1, 0.15) is 5.83 Å². The molecule has 0 saturated heterocycles. The van der Waals surface area contributed by atoms with Gasteiger partial charge in [-0.2, -0.15) is 0 Å². The maximum atomic E-state index is 12.2. The van der Waals surface area contributed by atoms with E-state index in [2.05, 4.69) is 26.5 Å². The molecule has 0 aliphatic heterocycles. The van der Waals surface area contributed by atoms with Crippen LogP contribution in [0.15, 0.2) is 36.2 Å². The molecule has 0 fully saturated rings. The van der Waals surface area contributed by atoms with Crippen molar-refractivity contribution < 1.29 is 4.39 Å². The van der Waals surface area contributed by atoms with Gasteiger partial charge >= 0.3 is 0 Å². The van der Waals surface area contributed by atoms with E-state index in [0.29, 0.717) is 0 Å². The lowest BCUT2D eigenvalue weighted by atomic mass is 10.1. The zero-order valence-electron chi connectivity index (χ0n) is 7.94. The van der Waals surface area contributed by atoms with E-state index in [1.807, 2.05) is 0 Å². The van der Waals surface area contributed by atoms with Crippen LogP contribution in [0.3, 0.4) is 0 Å². The minimum atomic E-state index is -0.381. The Hall–Kier alpha value is -0.850. The standard InChI is InChI=1S/C11H17F/c1-4-6-11(7-5-2)9-8-10(3)12/h6,8-9H,3-5,7H2,1-2H3/b9-8-,11-6-. The molecular formula is C11H17F. The Morgan fingerprint density at radius 2 is 2.00 bits per heavy atom. The van der Waals surface area contributed by atoms with Crippen LogP contribution in [-0.2, 0) is 0 Å². The summed E-state index contributed by atoms with van der Waals surface area (Å²) < 4.78 is 12.2. The molecule has 0 saturated carbocycles. The lowest BCUT2D eigenvalue weighted by Gasteiger charge is -1.97. The van der Waals surface area contributed by atoms with Crippen LogP contribution in [0.25, 0.3) is 0 Å². The summed E-state index contributed by atoms with van der Waals surface area (Å²) in [4.78, 5) is 0. The molecule has 0 radical (unpaired) electrons. The summed E-state index contributed by atoms with van der Waals surface area (Å²) in [6.07, 6.45) is 8.43. The van der Waals surface area contributed by atoms with E-state index in [1.165, 1.54) is 11.6 Å². The van der Waals surface area contributed by atoms with Gasteiger partial charge in [-0.25, -0.2) is 4.39 Å². The first-order valence-electron chi connectivity index (χ1n) is 4.42. The molecular weight excluding hydrogens is 151 g/mol. The second-order valence-electron chi connectivity index (χ2n) is 2.72. The molecule has 0 unspecified atom stereocenters. The molecule has 0 aliphatic rings. The average Bonchev–Trinajstić information content (AvgIpc) is 2.01. The van der Waals surface area contributed by atoms with Crippen LogP contribution in [0.4, 0.5) is 4.39 Å². The van der Waals surface area contributed by atoms with E-state index in [-0.39, 0.29) is 5.83 Å². The van der Waals surface area contributed by atoms with Crippen molar-refractivity contribution in [2.24, 2.45) is 0 Å². The molecule has 0 aliphatic carbocycles. The van der Waals surface area contributed by atoms with E-state index in [1.54, 1.807) is 6.08 Å². The van der Waals surface area contributed by atoms with Crippen molar-refractivity contribution in [2.45, 2.75) is 33.1 Å². The molecule has 0 heterocycles. The summed E-state index contributed by atoms with van der Waals surface area (Å²) in [5, 5.41) is 0. The Balaban J connectivity index is 4.12. The number of rotatable bonds is 5. The highest BCUT2D eigenvalue weighted by Crippen LogP contribution is 2.09. The van der Waals surface area contributed by atoms with Crippen LogP contribution in [0, 0.1) is 0 Å². The molecule has 0 nitrogen and oxygen atoms in total. The zero-order chi connectivity index (χ0) is 9.40. The zero-order valence-corrected chi connectivity index (χ0v) is 7.94. The highest BCUT2D eigenvalue weighted by molar-refractivity contribution is 5.23. The molecule has 68 valence electrons. The Morgan fingerprint density at radius 1 is 1.33 bits per heavy atom. The van der Waals surface area contributed by atoms with Crippen molar-refractivity contribution in [2.75, 3.05) is 0 Å². The van der Waals surface area contributed by atoms with Crippen LogP contribution in [0.2, 0.25) is 0 Å². The average molecular weight is 168 g/mol. The molecule has 0 spiro atoms. The summed E-state index contributed by atoms with van der Waals surface area (Å²) in [5.41, 5.74) is 1.19. The summed E-state index contributed by atoms with van der Waals surface area (Å²) in [6.45, 7) is 7.36. The first-order valence-corrected chi connectivity index (χ1v) is 4.42. The molecule has 0 aromatic heterocycles. The predicted octanol–water partition coefficient (Wildman–Crippen LogP) is 4.16. The first-order chi connectivity index (χ1) is 5.70. The van der Waals surface area contributed by atoms with Crippen LogP contribution < -0.4 is 0 Å². The quantitative estimate of drug-likeness (QED) is 0.541. The summed E-state index contributed by atoms with van der Waals surface area (Å²) >= 11 is 0. The van der Waals surface area contributed by atoms with Gasteiger partial charge in [0.15, 0.2) is 0 Å². The third-order valence-electron chi connectivity index (χ3n) is 1.48. The van der Waals surface area contributed by atoms with E-state index < -0.39 is 0 Å². The minimum absolute atomic E-state index is 0.381. The fraction of sp³-hybridized carbons (Fsp3) is 0.455. The van der Waals surface area contributed by atoms with E-state index in [9.17, 15) is 4.39 Å². The lowest BCUT2D eigenvalue weighted by Crippen LogP contribution is -1.77. The van der Waals surface area contributed by atoms with E-state index in [4.69, 9.17) is 0 Å². The van der Waals surface area contributed by atoms with Crippen molar-refractivity contribution in [3.63, 3.8) is 0 Å². The number of hydrogen-bond acceptors (Lipinski definition) is 0. The van der Waals surface area contributed by atoms with Crippen molar-refractivity contribution in [3.8, 4) is 0 Å². The molecule has 0 aromatic rings. The van der Waals surface area contributed by atoms with Crippen LogP contribution >= 0.6 is 0 Å². The Labute approximate surface area is 74.5 Å². The molecule has 0 aromatic carbocycles. The smallest absolute Gasteiger partial charge is 0.116 e. The third kappa shape index (κ3) is 5.90. The number of allylic oxidation sites excluding steroid dienone is 5. The van der Waals surface area contributed by atoms with Crippen molar-refractivity contribution in [1.82, 2.24) is 0 Å². The van der Waals surface area contributed by atoms with Crippen molar-refractivity contribution in [3.05, 3.63) is 36.2 Å². The van der Waals surface area contributed by atoms with Gasteiger partial charge in [-0.1, -0.05) is 44.6 Å². The fourth-order valence-corrected chi connectivity index (χ4v) is 1.00. The topological polar surface area (TPSA) is 0 Å². The largest absolute Gasteiger partial charge is 0.208 e. The van der Waals surface area contributed by atoms with Gasteiger partial charge in [0.05, 0.1) is 0 Å². The van der Waals surface area contributed by atoms with Gasteiger partial charge in [0.2, 0.25) is 0 Å². The normalized spacial score (nSPS) is 12.4. The van der Waals surface area contributed by atoms with E-state index >= 15 is 0 Å². The highest BCUT2D eigenvalue weighted by atomic mass is 19.1. The minimum Gasteiger partial charge on any atom is -0.208 e.